The summed E-state index contributed by atoms with van der Waals surface area (Å²) >= 11 is 0. The molecule has 4 atom stereocenters. The highest BCUT2D eigenvalue weighted by Crippen LogP contribution is 2.65. The van der Waals surface area contributed by atoms with Crippen LogP contribution in [0.15, 0.2) is 17.8 Å². The Morgan fingerprint density at radius 3 is 2.96 bits per heavy atom. The predicted octanol–water partition coefficient (Wildman–Crippen LogP) is 1.30. The molecule has 2 saturated carbocycles. The molecule has 2 aliphatic rings. The van der Waals surface area contributed by atoms with Crippen LogP contribution in [0.4, 0.5) is 5.82 Å². The largest absolute Gasteiger partial charge is 0.396 e. The summed E-state index contributed by atoms with van der Waals surface area (Å²) in [4.78, 5) is 18.1. The number of imidazole rings is 1. The molecule has 0 aromatic carbocycles. The zero-order valence-electron chi connectivity index (χ0n) is 13.0. The Balaban J connectivity index is 1.80. The molecule has 1 N–H and O–H groups in total. The van der Waals surface area contributed by atoms with Gasteiger partial charge in [-0.1, -0.05) is 5.11 Å². The Morgan fingerprint density at radius 2 is 2.26 bits per heavy atom. The first kappa shape index (κ1) is 14.2. The molecule has 23 heavy (non-hydrogen) atoms. The second kappa shape index (κ2) is 4.81. The van der Waals surface area contributed by atoms with Gasteiger partial charge < -0.3 is 14.6 Å². The third-order valence-electron chi connectivity index (χ3n) is 5.31. The van der Waals surface area contributed by atoms with Crippen molar-refractivity contribution in [2.24, 2.45) is 17.0 Å². The number of anilines is 1. The van der Waals surface area contributed by atoms with Crippen LogP contribution in [0.1, 0.15) is 12.8 Å². The first-order chi connectivity index (χ1) is 11.1. The highest BCUT2D eigenvalue weighted by atomic mass is 16.3. The van der Waals surface area contributed by atoms with Crippen LogP contribution in [0.5, 0.6) is 0 Å². The number of azide groups is 1. The van der Waals surface area contributed by atoms with Gasteiger partial charge in [0.05, 0.1) is 11.9 Å². The van der Waals surface area contributed by atoms with Gasteiger partial charge in [0, 0.05) is 31.7 Å². The minimum atomic E-state index is -0.170. The monoisotopic (exact) mass is 314 g/mol. The first-order valence-electron chi connectivity index (χ1n) is 7.63. The van der Waals surface area contributed by atoms with Crippen molar-refractivity contribution in [1.29, 1.82) is 0 Å². The van der Waals surface area contributed by atoms with Gasteiger partial charge in [-0.2, -0.15) is 0 Å². The van der Waals surface area contributed by atoms with Crippen LogP contribution in [-0.4, -0.2) is 51.4 Å². The predicted molar refractivity (Wildman–Crippen MR) is 83.9 cm³/mol. The van der Waals surface area contributed by atoms with E-state index in [1.54, 1.807) is 12.7 Å². The van der Waals surface area contributed by atoms with E-state index in [1.807, 2.05) is 19.0 Å². The standard InChI is InChI=1S/C14H18N8O/c1-21(2)12-11-13(17-6-16-12)22(7-18-11)14-3-9(14)8(5-23)10(4-14)19-20-15/h6-10,23H,3-5H2,1-2H3/t8-,9-,10-,14-/m0/s1. The van der Waals surface area contributed by atoms with Crippen molar-refractivity contribution in [3.8, 4) is 0 Å². The van der Waals surface area contributed by atoms with Crippen molar-refractivity contribution in [2.75, 3.05) is 25.6 Å². The molecule has 0 spiro atoms. The molecule has 0 amide bonds. The summed E-state index contributed by atoms with van der Waals surface area (Å²) in [6.07, 6.45) is 5.04. The fraction of sp³-hybridized carbons (Fsp3) is 0.643. The third-order valence-corrected chi connectivity index (χ3v) is 5.31. The summed E-state index contributed by atoms with van der Waals surface area (Å²) in [5.41, 5.74) is 10.2. The van der Waals surface area contributed by atoms with Crippen molar-refractivity contribution in [3.05, 3.63) is 23.1 Å². The zero-order chi connectivity index (χ0) is 16.2. The van der Waals surface area contributed by atoms with Crippen molar-refractivity contribution < 1.29 is 5.11 Å². The Labute approximate surface area is 132 Å². The Morgan fingerprint density at radius 1 is 1.43 bits per heavy atom. The maximum Gasteiger partial charge on any atom is 0.165 e. The highest BCUT2D eigenvalue weighted by Gasteiger charge is 2.66. The molecule has 2 heterocycles. The number of rotatable bonds is 4. The van der Waals surface area contributed by atoms with Crippen LogP contribution in [0.25, 0.3) is 21.6 Å². The van der Waals surface area contributed by atoms with E-state index in [0.717, 1.165) is 29.8 Å². The Kier molecular flexibility index (Phi) is 2.97. The lowest BCUT2D eigenvalue weighted by atomic mass is 10.0. The second-order valence-electron chi connectivity index (χ2n) is 6.62. The lowest BCUT2D eigenvalue weighted by Gasteiger charge is -2.17. The van der Waals surface area contributed by atoms with Crippen LogP contribution in [-0.2, 0) is 5.54 Å². The minimum absolute atomic E-state index is 0.0125. The first-order valence-corrected chi connectivity index (χ1v) is 7.63. The van der Waals surface area contributed by atoms with Gasteiger partial charge in [0.25, 0.3) is 0 Å². The average Bonchev–Trinajstić information content (AvgIpc) is 2.94. The maximum absolute atomic E-state index is 9.66. The highest BCUT2D eigenvalue weighted by molar-refractivity contribution is 5.83. The fourth-order valence-corrected chi connectivity index (χ4v) is 4.18. The Bertz CT molecular complexity index is 810. The molecular weight excluding hydrogens is 296 g/mol. The summed E-state index contributed by atoms with van der Waals surface area (Å²) in [5, 5.41) is 13.5. The molecule has 0 bridgehead atoms. The maximum atomic E-state index is 9.66. The summed E-state index contributed by atoms with van der Waals surface area (Å²) in [5.74, 6) is 1.10. The molecule has 2 aliphatic carbocycles. The summed E-state index contributed by atoms with van der Waals surface area (Å²) in [6.45, 7) is 0.0423. The molecule has 120 valence electrons. The van der Waals surface area contributed by atoms with Crippen LogP contribution >= 0.6 is 0 Å². The third kappa shape index (κ3) is 1.83. The van der Waals surface area contributed by atoms with E-state index in [0.29, 0.717) is 5.92 Å². The number of fused-ring (bicyclic) bond motifs is 2. The molecule has 2 aromatic heterocycles. The van der Waals surface area contributed by atoms with E-state index in [2.05, 4.69) is 29.5 Å². The molecule has 4 rings (SSSR count). The lowest BCUT2D eigenvalue weighted by molar-refractivity contribution is 0.201. The number of nitrogens with zero attached hydrogens (tertiary/aromatic N) is 8. The molecule has 2 aromatic rings. The van der Waals surface area contributed by atoms with Crippen LogP contribution in [0.3, 0.4) is 0 Å². The minimum Gasteiger partial charge on any atom is -0.396 e. The Hall–Kier alpha value is -2.38. The molecule has 0 saturated heterocycles. The van der Waals surface area contributed by atoms with Gasteiger partial charge in [-0.05, 0) is 30.2 Å². The van der Waals surface area contributed by atoms with Crippen molar-refractivity contribution >= 4 is 17.0 Å². The molecule has 0 aliphatic heterocycles. The van der Waals surface area contributed by atoms with Crippen molar-refractivity contribution in [3.63, 3.8) is 0 Å². The van der Waals surface area contributed by atoms with Gasteiger partial charge >= 0.3 is 0 Å². The molecule has 9 heteroatoms. The van der Waals surface area contributed by atoms with Crippen molar-refractivity contribution in [2.45, 2.75) is 24.4 Å². The molecule has 2 fully saturated rings. The van der Waals surface area contributed by atoms with Gasteiger partial charge in [-0.3, -0.25) is 0 Å². The average molecular weight is 314 g/mol. The van der Waals surface area contributed by atoms with Gasteiger partial charge in [0.15, 0.2) is 17.0 Å². The molecular formula is C14H18N8O. The molecule has 0 unspecified atom stereocenters. The second-order valence-corrected chi connectivity index (χ2v) is 6.62. The lowest BCUT2D eigenvalue weighted by Crippen LogP contribution is -2.20. The van der Waals surface area contributed by atoms with Crippen LogP contribution in [0, 0.1) is 11.8 Å². The van der Waals surface area contributed by atoms with Gasteiger partial charge in [-0.15, -0.1) is 0 Å². The normalized spacial score (nSPS) is 31.7. The number of hydrogen-bond donors (Lipinski definition) is 1. The summed E-state index contributed by atoms with van der Waals surface area (Å²) < 4.78 is 2.09. The van der Waals surface area contributed by atoms with Gasteiger partial charge in [-0.25, -0.2) is 15.0 Å². The van der Waals surface area contributed by atoms with Gasteiger partial charge in [0.1, 0.15) is 6.33 Å². The SMILES string of the molecule is CN(C)c1ncnc2c1ncn2[C@@]12C[C@H](N=[N+]=[N-])[C@@H](CO)[C@@H]1C2. The fourth-order valence-electron chi connectivity index (χ4n) is 4.18. The molecule has 0 radical (unpaired) electrons. The smallest absolute Gasteiger partial charge is 0.165 e. The molecule has 9 nitrogen and oxygen atoms in total. The van der Waals surface area contributed by atoms with E-state index in [-0.39, 0.29) is 24.1 Å². The summed E-state index contributed by atoms with van der Waals surface area (Å²) in [7, 11) is 3.85. The number of aliphatic hydroxyl groups is 1. The van der Waals surface area contributed by atoms with E-state index >= 15 is 0 Å². The topological polar surface area (TPSA) is 116 Å². The van der Waals surface area contributed by atoms with E-state index < -0.39 is 0 Å². The van der Waals surface area contributed by atoms with E-state index in [9.17, 15) is 5.11 Å². The zero-order valence-corrected chi connectivity index (χ0v) is 13.0. The van der Waals surface area contributed by atoms with Crippen LogP contribution in [0.2, 0.25) is 0 Å². The number of aliphatic hydroxyl groups excluding tert-OH is 1. The number of aromatic nitrogens is 4. The van der Waals surface area contributed by atoms with Gasteiger partial charge in [0.2, 0.25) is 0 Å². The van der Waals surface area contributed by atoms with E-state index in [1.165, 1.54) is 0 Å². The quantitative estimate of drug-likeness (QED) is 0.518. The van der Waals surface area contributed by atoms with Crippen molar-refractivity contribution in [1.82, 2.24) is 19.5 Å². The van der Waals surface area contributed by atoms with E-state index in [4.69, 9.17) is 5.53 Å². The van der Waals surface area contributed by atoms with Crippen LogP contribution < -0.4 is 4.90 Å². The summed E-state index contributed by atoms with van der Waals surface area (Å²) in [6, 6.07) is -0.170. The number of hydrogen-bond acceptors (Lipinski definition) is 6.